The van der Waals surface area contributed by atoms with Gasteiger partial charge in [0, 0.05) is 25.0 Å². The predicted molar refractivity (Wildman–Crippen MR) is 76.0 cm³/mol. The predicted octanol–water partition coefficient (Wildman–Crippen LogP) is 1.68. The second-order valence-corrected chi connectivity index (χ2v) is 5.05. The van der Waals surface area contributed by atoms with E-state index in [1.165, 1.54) is 0 Å². The van der Waals surface area contributed by atoms with E-state index in [0.29, 0.717) is 31.9 Å². The van der Waals surface area contributed by atoms with Gasteiger partial charge < -0.3 is 14.0 Å². The number of carbonyl (C=O) groups is 1. The standard InChI is InChI=1S/C15H19N3O2/c1-3-13-11(2)18-10-12(4-5-14(18)16-13)15(19)17-6-8-20-9-7-17/h4-5,10H,3,6-9H2,1-2H3. The van der Waals surface area contributed by atoms with Crippen molar-refractivity contribution < 1.29 is 9.53 Å². The Bertz CT molecular complexity index is 642. The second-order valence-electron chi connectivity index (χ2n) is 5.05. The van der Waals surface area contributed by atoms with Crippen molar-refractivity contribution in [1.29, 1.82) is 0 Å². The Balaban J connectivity index is 1.95. The number of hydrogen-bond donors (Lipinski definition) is 0. The lowest BCUT2D eigenvalue weighted by molar-refractivity contribution is 0.0302. The van der Waals surface area contributed by atoms with Gasteiger partial charge in [-0.05, 0) is 25.5 Å². The summed E-state index contributed by atoms with van der Waals surface area (Å²) in [5.41, 5.74) is 3.81. The molecule has 1 aliphatic rings. The molecule has 3 rings (SSSR count). The van der Waals surface area contributed by atoms with E-state index in [0.717, 1.165) is 23.5 Å². The van der Waals surface area contributed by atoms with Crippen molar-refractivity contribution in [3.63, 3.8) is 0 Å². The first-order chi connectivity index (χ1) is 9.70. The zero-order valence-electron chi connectivity index (χ0n) is 11.9. The van der Waals surface area contributed by atoms with E-state index < -0.39 is 0 Å². The summed E-state index contributed by atoms with van der Waals surface area (Å²) in [6.45, 7) is 6.71. The molecule has 0 aromatic carbocycles. The quantitative estimate of drug-likeness (QED) is 0.836. The first-order valence-electron chi connectivity index (χ1n) is 7.05. The van der Waals surface area contributed by atoms with Crippen LogP contribution in [-0.4, -0.2) is 46.5 Å². The van der Waals surface area contributed by atoms with E-state index in [1.54, 1.807) is 0 Å². The van der Waals surface area contributed by atoms with Crippen LogP contribution in [0.25, 0.3) is 5.65 Å². The highest BCUT2D eigenvalue weighted by Crippen LogP contribution is 2.15. The summed E-state index contributed by atoms with van der Waals surface area (Å²) < 4.78 is 7.29. The van der Waals surface area contributed by atoms with Gasteiger partial charge in [-0.2, -0.15) is 0 Å². The molecule has 2 aromatic rings. The smallest absolute Gasteiger partial charge is 0.255 e. The number of pyridine rings is 1. The van der Waals surface area contributed by atoms with E-state index in [1.807, 2.05) is 34.6 Å². The molecule has 1 fully saturated rings. The third-order valence-electron chi connectivity index (χ3n) is 3.84. The van der Waals surface area contributed by atoms with Crippen LogP contribution in [0.5, 0.6) is 0 Å². The van der Waals surface area contributed by atoms with Crippen molar-refractivity contribution in [3.05, 3.63) is 35.3 Å². The number of aryl methyl sites for hydroxylation is 2. The number of carbonyl (C=O) groups excluding carboxylic acids is 1. The molecule has 0 bridgehead atoms. The Morgan fingerprint density at radius 2 is 2.10 bits per heavy atom. The Morgan fingerprint density at radius 1 is 1.35 bits per heavy atom. The Kier molecular flexibility index (Phi) is 3.44. The molecule has 2 aromatic heterocycles. The van der Waals surface area contributed by atoms with Crippen molar-refractivity contribution in [2.24, 2.45) is 0 Å². The lowest BCUT2D eigenvalue weighted by Gasteiger charge is -2.26. The van der Waals surface area contributed by atoms with Crippen LogP contribution in [0.4, 0.5) is 0 Å². The average molecular weight is 273 g/mol. The fourth-order valence-corrected chi connectivity index (χ4v) is 2.62. The molecule has 3 heterocycles. The molecule has 5 heteroatoms. The zero-order valence-corrected chi connectivity index (χ0v) is 11.9. The molecule has 1 saturated heterocycles. The van der Waals surface area contributed by atoms with Gasteiger partial charge in [0.1, 0.15) is 5.65 Å². The van der Waals surface area contributed by atoms with Crippen molar-refractivity contribution in [2.75, 3.05) is 26.3 Å². The summed E-state index contributed by atoms with van der Waals surface area (Å²) in [5, 5.41) is 0. The zero-order chi connectivity index (χ0) is 14.1. The topological polar surface area (TPSA) is 46.8 Å². The second kappa shape index (κ2) is 5.25. The number of imidazole rings is 1. The molecule has 0 spiro atoms. The largest absolute Gasteiger partial charge is 0.378 e. The number of amides is 1. The van der Waals surface area contributed by atoms with Crippen LogP contribution in [0.3, 0.4) is 0 Å². The number of hydrogen-bond acceptors (Lipinski definition) is 3. The average Bonchev–Trinajstić information content (AvgIpc) is 2.83. The van der Waals surface area contributed by atoms with Crippen LogP contribution in [0.15, 0.2) is 18.3 Å². The minimum Gasteiger partial charge on any atom is -0.378 e. The molecule has 0 saturated carbocycles. The van der Waals surface area contributed by atoms with Gasteiger partial charge in [-0.3, -0.25) is 4.79 Å². The van der Waals surface area contributed by atoms with E-state index in [2.05, 4.69) is 11.9 Å². The third-order valence-corrected chi connectivity index (χ3v) is 3.84. The van der Waals surface area contributed by atoms with Crippen molar-refractivity contribution >= 4 is 11.6 Å². The first kappa shape index (κ1) is 13.1. The first-order valence-corrected chi connectivity index (χ1v) is 7.05. The monoisotopic (exact) mass is 273 g/mol. The van der Waals surface area contributed by atoms with Crippen LogP contribution >= 0.6 is 0 Å². The minimum absolute atomic E-state index is 0.0707. The highest BCUT2D eigenvalue weighted by Gasteiger charge is 2.19. The fraction of sp³-hybridized carbons (Fsp3) is 0.467. The van der Waals surface area contributed by atoms with E-state index in [-0.39, 0.29) is 5.91 Å². The molecule has 0 atom stereocenters. The molecule has 106 valence electrons. The van der Waals surface area contributed by atoms with Crippen molar-refractivity contribution in [1.82, 2.24) is 14.3 Å². The van der Waals surface area contributed by atoms with Gasteiger partial charge in [-0.1, -0.05) is 6.92 Å². The molecule has 5 nitrogen and oxygen atoms in total. The molecular weight excluding hydrogens is 254 g/mol. The highest BCUT2D eigenvalue weighted by atomic mass is 16.5. The molecular formula is C15H19N3O2. The van der Waals surface area contributed by atoms with Crippen LogP contribution in [-0.2, 0) is 11.2 Å². The maximum atomic E-state index is 12.5. The van der Waals surface area contributed by atoms with Crippen LogP contribution < -0.4 is 0 Å². The van der Waals surface area contributed by atoms with Gasteiger partial charge in [-0.25, -0.2) is 4.98 Å². The normalized spacial score (nSPS) is 15.8. The van der Waals surface area contributed by atoms with Gasteiger partial charge in [0.2, 0.25) is 0 Å². The SMILES string of the molecule is CCc1nc2ccc(C(=O)N3CCOCC3)cn2c1C. The Labute approximate surface area is 118 Å². The van der Waals surface area contributed by atoms with Crippen molar-refractivity contribution in [3.8, 4) is 0 Å². The van der Waals surface area contributed by atoms with Crippen LogP contribution in [0.1, 0.15) is 28.7 Å². The van der Waals surface area contributed by atoms with E-state index in [9.17, 15) is 4.79 Å². The lowest BCUT2D eigenvalue weighted by atomic mass is 10.2. The summed E-state index contributed by atoms with van der Waals surface area (Å²) in [5.74, 6) is 0.0707. The molecule has 0 radical (unpaired) electrons. The van der Waals surface area contributed by atoms with E-state index >= 15 is 0 Å². The van der Waals surface area contributed by atoms with Gasteiger partial charge in [0.15, 0.2) is 0 Å². The molecule has 0 aliphatic carbocycles. The number of morpholine rings is 1. The van der Waals surface area contributed by atoms with Gasteiger partial charge in [0.25, 0.3) is 5.91 Å². The molecule has 1 aliphatic heterocycles. The summed E-state index contributed by atoms with van der Waals surface area (Å²) in [6, 6.07) is 3.78. The number of ether oxygens (including phenoxy) is 1. The Morgan fingerprint density at radius 3 is 2.80 bits per heavy atom. The van der Waals surface area contributed by atoms with Gasteiger partial charge >= 0.3 is 0 Å². The maximum Gasteiger partial charge on any atom is 0.255 e. The summed E-state index contributed by atoms with van der Waals surface area (Å²) >= 11 is 0. The lowest BCUT2D eigenvalue weighted by Crippen LogP contribution is -2.40. The number of fused-ring (bicyclic) bond motifs is 1. The minimum atomic E-state index is 0.0707. The summed E-state index contributed by atoms with van der Waals surface area (Å²) in [7, 11) is 0. The molecule has 1 amide bonds. The van der Waals surface area contributed by atoms with Gasteiger partial charge in [0.05, 0.1) is 24.5 Å². The third kappa shape index (κ3) is 2.18. The molecule has 20 heavy (non-hydrogen) atoms. The molecule has 0 N–H and O–H groups in total. The number of nitrogens with zero attached hydrogens (tertiary/aromatic N) is 3. The summed E-state index contributed by atoms with van der Waals surface area (Å²) in [4.78, 5) is 18.9. The number of rotatable bonds is 2. The van der Waals surface area contributed by atoms with Crippen molar-refractivity contribution in [2.45, 2.75) is 20.3 Å². The highest BCUT2D eigenvalue weighted by molar-refractivity contribution is 5.94. The Hall–Kier alpha value is -1.88. The van der Waals surface area contributed by atoms with Crippen LogP contribution in [0, 0.1) is 6.92 Å². The van der Waals surface area contributed by atoms with Crippen LogP contribution in [0.2, 0.25) is 0 Å². The number of aromatic nitrogens is 2. The molecule has 0 unspecified atom stereocenters. The maximum absolute atomic E-state index is 12.5. The summed E-state index contributed by atoms with van der Waals surface area (Å²) in [6.07, 6.45) is 2.80. The fourth-order valence-electron chi connectivity index (χ4n) is 2.62. The van der Waals surface area contributed by atoms with Gasteiger partial charge in [-0.15, -0.1) is 0 Å². The van der Waals surface area contributed by atoms with E-state index in [4.69, 9.17) is 4.74 Å².